The number of fused-ring (bicyclic) bond motifs is 2. The Morgan fingerprint density at radius 1 is 1.33 bits per heavy atom. The first-order valence-electron chi connectivity index (χ1n) is 5.01. The molecule has 4 atom stereocenters. The van der Waals surface area contributed by atoms with E-state index in [0.717, 1.165) is 17.8 Å². The van der Waals surface area contributed by atoms with E-state index in [2.05, 4.69) is 20.8 Å². The highest BCUT2D eigenvalue weighted by Gasteiger charge is 2.55. The van der Waals surface area contributed by atoms with Gasteiger partial charge in [-0.2, -0.15) is 0 Å². The van der Waals surface area contributed by atoms with Crippen LogP contribution in [0.25, 0.3) is 0 Å². The molecule has 1 radical (unpaired) electrons. The summed E-state index contributed by atoms with van der Waals surface area (Å²) in [6, 6.07) is 0. The molecule has 0 aromatic rings. The van der Waals surface area contributed by atoms with Gasteiger partial charge in [0.2, 0.25) is 6.69 Å². The van der Waals surface area contributed by atoms with E-state index in [9.17, 15) is 0 Å². The maximum Gasteiger partial charge on any atom is 0.242 e. The summed E-state index contributed by atoms with van der Waals surface area (Å²) in [4.78, 5) is 0. The molecule has 2 unspecified atom stereocenters. The third-order valence-corrected chi connectivity index (χ3v) is 4.90. The molecule has 3 aliphatic rings. The topological polar surface area (TPSA) is 0 Å². The van der Waals surface area contributed by atoms with E-state index in [1.165, 1.54) is 12.8 Å². The van der Waals surface area contributed by atoms with Crippen LogP contribution in [0.5, 0.6) is 0 Å². The van der Waals surface area contributed by atoms with Crippen LogP contribution in [0.3, 0.4) is 0 Å². The molecule has 0 nitrogen and oxygen atoms in total. The predicted octanol–water partition coefficient (Wildman–Crippen LogP) is 3.34. The maximum atomic E-state index is 5.83. The van der Waals surface area contributed by atoms with Crippen LogP contribution in [-0.2, 0) is 0 Å². The van der Waals surface area contributed by atoms with Gasteiger partial charge in [-0.15, -0.1) is 0 Å². The van der Waals surface area contributed by atoms with Crippen molar-refractivity contribution >= 4 is 18.2 Å². The largest absolute Gasteiger partial charge is 0.242 e. The second-order valence-electron chi connectivity index (χ2n) is 5.25. The summed E-state index contributed by atoms with van der Waals surface area (Å²) >= 11 is 5.83. The first-order valence-corrected chi connectivity index (χ1v) is 5.44. The fraction of sp³-hybridized carbons (Fsp3) is 1.00. The van der Waals surface area contributed by atoms with Crippen LogP contribution in [0.15, 0.2) is 0 Å². The van der Waals surface area contributed by atoms with E-state index in [0.29, 0.717) is 11.2 Å². The second-order valence-corrected chi connectivity index (χ2v) is 5.50. The van der Waals surface area contributed by atoms with Gasteiger partial charge in [0.25, 0.3) is 0 Å². The first kappa shape index (κ1) is 8.93. The van der Waals surface area contributed by atoms with Crippen molar-refractivity contribution in [2.45, 2.75) is 39.4 Å². The molecule has 12 heavy (non-hydrogen) atoms. The lowest BCUT2D eigenvalue weighted by Gasteiger charge is -2.62. The molecule has 3 fully saturated rings. The fourth-order valence-electron chi connectivity index (χ4n) is 3.36. The first-order chi connectivity index (χ1) is 5.57. The van der Waals surface area contributed by atoms with Crippen molar-refractivity contribution in [3.63, 3.8) is 0 Å². The van der Waals surface area contributed by atoms with Crippen molar-refractivity contribution in [3.05, 3.63) is 0 Å². The Balaban J connectivity index is 2.11. The molecule has 0 saturated heterocycles. The summed E-state index contributed by atoms with van der Waals surface area (Å²) in [6.07, 6.45) is 2.78. The van der Waals surface area contributed by atoms with Gasteiger partial charge in [0.15, 0.2) is 0 Å². The Morgan fingerprint density at radius 2 is 2.00 bits per heavy atom. The van der Waals surface area contributed by atoms with E-state index in [-0.39, 0.29) is 0 Å². The fourth-order valence-corrected chi connectivity index (χ4v) is 3.69. The van der Waals surface area contributed by atoms with Gasteiger partial charge in [-0.25, -0.2) is 11.5 Å². The molecule has 0 aromatic heterocycles. The highest BCUT2D eigenvalue weighted by atomic mass is 35.5. The minimum Gasteiger partial charge on any atom is -0.204 e. The van der Waals surface area contributed by atoms with Crippen molar-refractivity contribution in [1.29, 1.82) is 0 Å². The number of hydrogen-bond donors (Lipinski definition) is 0. The molecule has 0 spiro atoms. The van der Waals surface area contributed by atoms with Crippen molar-refractivity contribution in [3.8, 4) is 0 Å². The zero-order valence-electron chi connectivity index (χ0n) is 8.18. The van der Waals surface area contributed by atoms with E-state index in [1.54, 1.807) is 0 Å². The third-order valence-electron chi connectivity index (χ3n) is 4.57. The van der Waals surface area contributed by atoms with Crippen LogP contribution in [0, 0.1) is 23.2 Å². The Kier molecular flexibility index (Phi) is 1.99. The highest BCUT2D eigenvalue weighted by Crippen LogP contribution is 2.64. The van der Waals surface area contributed by atoms with Crippen molar-refractivity contribution in [1.82, 2.24) is 0 Å². The van der Waals surface area contributed by atoms with Crippen molar-refractivity contribution in [2.75, 3.05) is 0 Å². The predicted molar refractivity (Wildman–Crippen MR) is 54.5 cm³/mol. The summed E-state index contributed by atoms with van der Waals surface area (Å²) in [5, 5.41) is 0. The summed E-state index contributed by atoms with van der Waals surface area (Å²) in [6.45, 7) is 9.12. The molecule has 67 valence electrons. The molecular formula is C10H17BCl. The molecule has 0 N–H and O–H groups in total. The summed E-state index contributed by atoms with van der Waals surface area (Å²) in [5.41, 5.74) is 0.607. The summed E-state index contributed by atoms with van der Waals surface area (Å²) in [5.74, 6) is 3.36. The average Bonchev–Trinajstić information content (AvgIpc) is 2.03. The summed E-state index contributed by atoms with van der Waals surface area (Å²) < 4.78 is 0. The monoisotopic (exact) mass is 183 g/mol. The number of halogens is 1. The average molecular weight is 184 g/mol. The van der Waals surface area contributed by atoms with Gasteiger partial charge in [-0.05, 0) is 35.4 Å². The number of rotatable bonds is 1. The van der Waals surface area contributed by atoms with Crippen LogP contribution in [0.1, 0.15) is 33.6 Å². The van der Waals surface area contributed by atoms with Crippen molar-refractivity contribution in [2.24, 2.45) is 23.2 Å². The van der Waals surface area contributed by atoms with E-state index in [4.69, 9.17) is 11.5 Å². The van der Waals surface area contributed by atoms with E-state index in [1.807, 2.05) is 6.69 Å². The van der Waals surface area contributed by atoms with Crippen LogP contribution < -0.4 is 0 Å². The van der Waals surface area contributed by atoms with Gasteiger partial charge in [0.05, 0.1) is 0 Å². The maximum absolute atomic E-state index is 5.83. The van der Waals surface area contributed by atoms with Gasteiger partial charge in [0.1, 0.15) is 0 Å². The van der Waals surface area contributed by atoms with Crippen LogP contribution in [0.2, 0.25) is 5.82 Å². The Morgan fingerprint density at radius 3 is 2.42 bits per heavy atom. The molecule has 3 aliphatic carbocycles. The summed E-state index contributed by atoms with van der Waals surface area (Å²) in [7, 11) is 0. The lowest BCUT2D eigenvalue weighted by molar-refractivity contribution is -0.0982. The lowest BCUT2D eigenvalue weighted by Crippen LogP contribution is -2.54. The third kappa shape index (κ3) is 0.983. The SMILES string of the molecule is C[C@H]1C2CC(C[C@@H]1[B]Cl)C2(C)C. The molecular weight excluding hydrogens is 166 g/mol. The van der Waals surface area contributed by atoms with Gasteiger partial charge in [-0.3, -0.25) is 0 Å². The second kappa shape index (κ2) is 2.67. The molecule has 0 heterocycles. The normalized spacial score (nSPS) is 49.7. The van der Waals surface area contributed by atoms with Gasteiger partial charge >= 0.3 is 0 Å². The number of hydrogen-bond acceptors (Lipinski definition) is 0. The molecule has 0 aliphatic heterocycles. The molecule has 0 aromatic carbocycles. The Bertz CT molecular complexity index is 190. The molecule has 2 bridgehead atoms. The zero-order chi connectivity index (χ0) is 8.93. The van der Waals surface area contributed by atoms with E-state index < -0.39 is 0 Å². The minimum atomic E-state index is 0.607. The molecule has 0 amide bonds. The van der Waals surface area contributed by atoms with Gasteiger partial charge < -0.3 is 0 Å². The highest BCUT2D eigenvalue weighted by molar-refractivity contribution is 6.94. The standard InChI is InChI=1S/C10H17BCl/c1-6-8-4-7(10(8,2)3)5-9(6)11-12/h6-9H,4-5H2,1-3H3/t6-,7?,8?,9-/m0/s1. The quantitative estimate of drug-likeness (QED) is 0.547. The molecule has 2 heteroatoms. The van der Waals surface area contributed by atoms with Gasteiger partial charge in [-0.1, -0.05) is 27.2 Å². The van der Waals surface area contributed by atoms with Crippen LogP contribution >= 0.6 is 11.5 Å². The van der Waals surface area contributed by atoms with E-state index >= 15 is 0 Å². The van der Waals surface area contributed by atoms with Crippen LogP contribution in [-0.4, -0.2) is 6.69 Å². The van der Waals surface area contributed by atoms with Crippen molar-refractivity contribution < 1.29 is 0 Å². The lowest BCUT2D eigenvalue weighted by atomic mass is 9.41. The zero-order valence-corrected chi connectivity index (χ0v) is 8.93. The molecule has 3 saturated carbocycles. The minimum absolute atomic E-state index is 0.607. The van der Waals surface area contributed by atoms with Crippen LogP contribution in [0.4, 0.5) is 0 Å². The smallest absolute Gasteiger partial charge is 0.204 e. The Labute approximate surface area is 81.2 Å². The Hall–Kier alpha value is 0.355. The van der Waals surface area contributed by atoms with Gasteiger partial charge in [0, 0.05) is 0 Å². The molecule has 3 rings (SSSR count).